The van der Waals surface area contributed by atoms with Gasteiger partial charge < -0.3 is 9.47 Å². The van der Waals surface area contributed by atoms with Crippen molar-refractivity contribution in [3.63, 3.8) is 0 Å². The van der Waals surface area contributed by atoms with Crippen molar-refractivity contribution in [2.45, 2.75) is 37.8 Å². The Morgan fingerprint density at radius 1 is 1.30 bits per heavy atom. The summed E-state index contributed by atoms with van der Waals surface area (Å²) >= 11 is 0. The van der Waals surface area contributed by atoms with Crippen molar-refractivity contribution in [3.05, 3.63) is 48.6 Å². The van der Waals surface area contributed by atoms with Crippen LogP contribution in [0.5, 0.6) is 0 Å². The second-order valence-electron chi connectivity index (χ2n) is 5.66. The van der Waals surface area contributed by atoms with Crippen molar-refractivity contribution in [3.8, 4) is 0 Å². The number of likely N-dealkylation sites (tertiary alicyclic amines) is 1. The third-order valence-electron chi connectivity index (χ3n) is 4.21. The molecule has 1 unspecified atom stereocenters. The van der Waals surface area contributed by atoms with Crippen LogP contribution in [0.4, 0.5) is 4.79 Å². The maximum atomic E-state index is 12.5. The van der Waals surface area contributed by atoms with Gasteiger partial charge in [-0.2, -0.15) is 0 Å². The van der Waals surface area contributed by atoms with Crippen LogP contribution in [-0.2, 0) is 20.9 Å². The molecule has 1 atom stereocenters. The summed E-state index contributed by atoms with van der Waals surface area (Å²) in [7, 11) is 1.34. The van der Waals surface area contributed by atoms with E-state index in [4.69, 9.17) is 9.47 Å². The molecule has 1 aliphatic rings. The number of hydrogen-bond donors (Lipinski definition) is 0. The third kappa shape index (κ3) is 3.73. The molecule has 23 heavy (non-hydrogen) atoms. The molecule has 0 aliphatic carbocycles. The second kappa shape index (κ2) is 7.81. The molecule has 0 bridgehead atoms. The first-order valence-electron chi connectivity index (χ1n) is 7.81. The highest BCUT2D eigenvalue weighted by Gasteiger charge is 2.48. The molecular weight excluding hydrogens is 294 g/mol. The zero-order valence-electron chi connectivity index (χ0n) is 13.5. The summed E-state index contributed by atoms with van der Waals surface area (Å²) in [5, 5.41) is 0. The molecule has 5 nitrogen and oxygen atoms in total. The maximum Gasteiger partial charge on any atom is 0.411 e. The van der Waals surface area contributed by atoms with Crippen molar-refractivity contribution in [2.24, 2.45) is 0 Å². The molecule has 1 aliphatic heterocycles. The van der Waals surface area contributed by atoms with Gasteiger partial charge in [-0.05, 0) is 31.2 Å². The third-order valence-corrected chi connectivity index (χ3v) is 4.21. The van der Waals surface area contributed by atoms with Gasteiger partial charge in [-0.25, -0.2) is 9.59 Å². The largest absolute Gasteiger partial charge is 0.467 e. The number of amides is 1. The molecule has 1 aromatic rings. The first kappa shape index (κ1) is 17.1. The zero-order chi connectivity index (χ0) is 16.7. The Labute approximate surface area is 136 Å². The van der Waals surface area contributed by atoms with E-state index in [1.807, 2.05) is 30.3 Å². The summed E-state index contributed by atoms with van der Waals surface area (Å²) in [4.78, 5) is 26.4. The summed E-state index contributed by atoms with van der Waals surface area (Å²) in [5.74, 6) is -0.409. The summed E-state index contributed by atoms with van der Waals surface area (Å²) < 4.78 is 10.4. The molecule has 124 valence electrons. The van der Waals surface area contributed by atoms with Crippen LogP contribution in [0.3, 0.4) is 0 Å². The van der Waals surface area contributed by atoms with Gasteiger partial charge in [-0.15, -0.1) is 6.58 Å². The minimum Gasteiger partial charge on any atom is -0.467 e. The number of hydrogen-bond acceptors (Lipinski definition) is 4. The number of nitrogens with zero attached hydrogens (tertiary/aromatic N) is 1. The average Bonchev–Trinajstić information content (AvgIpc) is 2.60. The Morgan fingerprint density at radius 2 is 2.04 bits per heavy atom. The van der Waals surface area contributed by atoms with E-state index in [1.54, 1.807) is 6.08 Å². The molecule has 0 spiro atoms. The van der Waals surface area contributed by atoms with Gasteiger partial charge in [-0.3, -0.25) is 4.90 Å². The number of carbonyl (C=O) groups is 2. The zero-order valence-corrected chi connectivity index (χ0v) is 13.5. The molecular formula is C18H23NO4. The molecule has 0 aromatic heterocycles. The number of ether oxygens (including phenoxy) is 2. The number of benzene rings is 1. The van der Waals surface area contributed by atoms with Gasteiger partial charge in [0.25, 0.3) is 0 Å². The Hall–Kier alpha value is -2.30. The highest BCUT2D eigenvalue weighted by atomic mass is 16.6. The first-order chi connectivity index (χ1) is 11.1. The highest BCUT2D eigenvalue weighted by Crippen LogP contribution is 2.33. The lowest BCUT2D eigenvalue weighted by atomic mass is 9.84. The molecule has 1 saturated heterocycles. The standard InChI is InChI=1S/C18H23NO4/c1-3-11-18(16(20)22-2)12-7-8-13-19(18)17(21)23-14-15-9-5-4-6-10-15/h3-6,9-10H,1,7-8,11-14H2,2H3. The van der Waals surface area contributed by atoms with Gasteiger partial charge in [0.2, 0.25) is 0 Å². The fourth-order valence-corrected chi connectivity index (χ4v) is 3.04. The van der Waals surface area contributed by atoms with E-state index in [-0.39, 0.29) is 6.61 Å². The van der Waals surface area contributed by atoms with E-state index in [9.17, 15) is 9.59 Å². The molecule has 1 aromatic carbocycles. The fourth-order valence-electron chi connectivity index (χ4n) is 3.04. The lowest BCUT2D eigenvalue weighted by molar-refractivity contribution is -0.156. The Morgan fingerprint density at radius 3 is 2.70 bits per heavy atom. The smallest absolute Gasteiger partial charge is 0.411 e. The Kier molecular flexibility index (Phi) is 5.79. The number of piperidine rings is 1. The van der Waals surface area contributed by atoms with Crippen LogP contribution in [-0.4, -0.2) is 36.2 Å². The van der Waals surface area contributed by atoms with Gasteiger partial charge in [0.1, 0.15) is 12.1 Å². The number of rotatable bonds is 5. The van der Waals surface area contributed by atoms with Gasteiger partial charge in [0, 0.05) is 6.54 Å². The quantitative estimate of drug-likeness (QED) is 0.617. The maximum absolute atomic E-state index is 12.5. The number of carbonyl (C=O) groups excluding carboxylic acids is 2. The van der Waals surface area contributed by atoms with Gasteiger partial charge in [0.15, 0.2) is 0 Å². The molecule has 5 heteroatoms. The SMILES string of the molecule is C=CCC1(C(=O)OC)CCCCN1C(=O)OCc1ccccc1. The van der Waals surface area contributed by atoms with Crippen molar-refractivity contribution in [2.75, 3.05) is 13.7 Å². The van der Waals surface area contributed by atoms with Gasteiger partial charge in [0.05, 0.1) is 7.11 Å². The van der Waals surface area contributed by atoms with Crippen LogP contribution >= 0.6 is 0 Å². The Balaban J connectivity index is 2.14. The summed E-state index contributed by atoms with van der Waals surface area (Å²) in [6, 6.07) is 9.46. The van der Waals surface area contributed by atoms with Crippen molar-refractivity contribution in [1.29, 1.82) is 0 Å². The first-order valence-corrected chi connectivity index (χ1v) is 7.81. The van der Waals surface area contributed by atoms with Crippen molar-refractivity contribution >= 4 is 12.1 Å². The number of methoxy groups -OCH3 is 1. The topological polar surface area (TPSA) is 55.8 Å². The van der Waals surface area contributed by atoms with E-state index >= 15 is 0 Å². The van der Waals surface area contributed by atoms with Crippen LogP contribution in [0.15, 0.2) is 43.0 Å². The average molecular weight is 317 g/mol. The van der Waals surface area contributed by atoms with Crippen LogP contribution in [0.25, 0.3) is 0 Å². The van der Waals surface area contributed by atoms with E-state index in [0.717, 1.165) is 18.4 Å². The summed E-state index contributed by atoms with van der Waals surface area (Å²) in [6.45, 7) is 4.38. The van der Waals surface area contributed by atoms with Gasteiger partial charge >= 0.3 is 12.1 Å². The molecule has 1 heterocycles. The lowest BCUT2D eigenvalue weighted by Crippen LogP contribution is -2.59. The lowest BCUT2D eigenvalue weighted by Gasteiger charge is -2.43. The number of esters is 1. The van der Waals surface area contributed by atoms with Gasteiger partial charge in [-0.1, -0.05) is 36.4 Å². The van der Waals surface area contributed by atoms with Crippen LogP contribution in [0.1, 0.15) is 31.2 Å². The monoisotopic (exact) mass is 317 g/mol. The molecule has 0 radical (unpaired) electrons. The van der Waals surface area contributed by atoms with Crippen molar-refractivity contribution < 1.29 is 19.1 Å². The predicted octanol–water partition coefficient (Wildman–Crippen LogP) is 3.30. The fraction of sp³-hybridized carbons (Fsp3) is 0.444. The van der Waals surface area contributed by atoms with E-state index < -0.39 is 17.6 Å². The predicted molar refractivity (Wildman–Crippen MR) is 86.7 cm³/mol. The molecule has 0 saturated carbocycles. The van der Waals surface area contributed by atoms with E-state index in [1.165, 1.54) is 12.0 Å². The van der Waals surface area contributed by atoms with Crippen molar-refractivity contribution in [1.82, 2.24) is 4.90 Å². The second-order valence-corrected chi connectivity index (χ2v) is 5.66. The summed E-state index contributed by atoms with van der Waals surface area (Å²) in [6.07, 6.45) is 3.80. The van der Waals surface area contributed by atoms with Crippen LogP contribution in [0, 0.1) is 0 Å². The molecule has 0 N–H and O–H groups in total. The normalized spacial score (nSPS) is 20.7. The van der Waals surface area contributed by atoms with Crippen LogP contribution in [0.2, 0.25) is 0 Å². The summed E-state index contributed by atoms with van der Waals surface area (Å²) in [5.41, 5.74) is -0.0899. The molecule has 1 fully saturated rings. The minimum absolute atomic E-state index is 0.182. The van der Waals surface area contributed by atoms with E-state index in [2.05, 4.69) is 6.58 Å². The molecule has 2 rings (SSSR count). The van der Waals surface area contributed by atoms with E-state index in [0.29, 0.717) is 19.4 Å². The minimum atomic E-state index is -0.997. The van der Waals surface area contributed by atoms with Crippen LogP contribution < -0.4 is 0 Å². The highest BCUT2D eigenvalue weighted by molar-refractivity contribution is 5.86. The molecule has 1 amide bonds. The Bertz CT molecular complexity index is 557.